The van der Waals surface area contributed by atoms with Crippen LogP contribution in [0.4, 0.5) is 5.69 Å². The van der Waals surface area contributed by atoms with Gasteiger partial charge in [0.05, 0.1) is 6.33 Å². The zero-order valence-electron chi connectivity index (χ0n) is 19.6. The van der Waals surface area contributed by atoms with Crippen molar-refractivity contribution in [2.45, 2.75) is 45.1 Å². The predicted molar refractivity (Wildman–Crippen MR) is 129 cm³/mol. The lowest BCUT2D eigenvalue weighted by Gasteiger charge is -2.20. The zero-order valence-corrected chi connectivity index (χ0v) is 19.6. The average molecular weight is 467 g/mol. The summed E-state index contributed by atoms with van der Waals surface area (Å²) < 4.78 is 4.06. The molecule has 2 amide bonds. The number of aryl methyl sites for hydroxylation is 2. The number of benzene rings is 1. The summed E-state index contributed by atoms with van der Waals surface area (Å²) in [5.41, 5.74) is 1.09. The topological polar surface area (TPSA) is 111 Å². The van der Waals surface area contributed by atoms with E-state index in [1.54, 1.807) is 35.9 Å². The number of hydrogen-bond donors (Lipinski definition) is 1. The molecular weight excluding hydrogens is 436 g/mol. The van der Waals surface area contributed by atoms with E-state index in [9.17, 15) is 19.2 Å². The largest absolute Gasteiger partial charge is 0.339 e. The first-order valence-electron chi connectivity index (χ1n) is 11.7. The van der Waals surface area contributed by atoms with Crippen LogP contribution in [0.25, 0.3) is 11.2 Å². The van der Waals surface area contributed by atoms with E-state index in [0.29, 0.717) is 35.4 Å². The molecule has 1 saturated heterocycles. The van der Waals surface area contributed by atoms with Crippen molar-refractivity contribution in [3.63, 3.8) is 0 Å². The van der Waals surface area contributed by atoms with Gasteiger partial charge in [0, 0.05) is 51.4 Å². The second-order valence-corrected chi connectivity index (χ2v) is 8.75. The lowest BCUT2D eigenvalue weighted by molar-refractivity contribution is -0.116. The van der Waals surface area contributed by atoms with Crippen molar-refractivity contribution in [3.05, 3.63) is 57.0 Å². The maximum atomic E-state index is 12.7. The van der Waals surface area contributed by atoms with Gasteiger partial charge in [-0.15, -0.1) is 0 Å². The van der Waals surface area contributed by atoms with Gasteiger partial charge in [-0.1, -0.05) is 12.8 Å². The highest BCUT2D eigenvalue weighted by Crippen LogP contribution is 2.16. The van der Waals surface area contributed by atoms with Crippen molar-refractivity contribution in [1.82, 2.24) is 23.6 Å². The molecule has 1 aliphatic rings. The van der Waals surface area contributed by atoms with Crippen LogP contribution in [0.3, 0.4) is 0 Å². The summed E-state index contributed by atoms with van der Waals surface area (Å²) >= 11 is 0. The number of nitrogens with zero attached hydrogens (tertiary/aromatic N) is 5. The molecule has 10 heteroatoms. The summed E-state index contributed by atoms with van der Waals surface area (Å²) in [4.78, 5) is 55.8. The molecule has 10 nitrogen and oxygen atoms in total. The highest BCUT2D eigenvalue weighted by Gasteiger charge is 2.17. The standard InChI is InChI=1S/C24H30N6O4/c1-27-21-20(23(33)28(2)24(27)34)30(16-25-21)15-7-8-19(31)26-18-11-9-17(10-12-18)22(32)29-13-5-3-4-6-14-29/h9-12,16H,3-8,13-15H2,1-2H3,(H,26,31). The Bertz CT molecular complexity index is 1310. The zero-order chi connectivity index (χ0) is 24.2. The molecule has 3 heterocycles. The number of imidazole rings is 1. The molecule has 0 bridgehead atoms. The first-order chi connectivity index (χ1) is 16.4. The fourth-order valence-electron chi connectivity index (χ4n) is 4.35. The fraction of sp³-hybridized carbons (Fsp3) is 0.458. The van der Waals surface area contributed by atoms with Gasteiger partial charge in [0.1, 0.15) is 0 Å². The molecule has 34 heavy (non-hydrogen) atoms. The molecule has 0 saturated carbocycles. The van der Waals surface area contributed by atoms with Crippen LogP contribution in [-0.2, 0) is 25.4 Å². The number of aromatic nitrogens is 4. The first kappa shape index (κ1) is 23.5. The van der Waals surface area contributed by atoms with Gasteiger partial charge < -0.3 is 14.8 Å². The molecule has 0 radical (unpaired) electrons. The normalized spacial score (nSPS) is 14.2. The van der Waals surface area contributed by atoms with E-state index in [2.05, 4.69) is 10.3 Å². The molecular formula is C24H30N6O4. The third kappa shape index (κ3) is 4.80. The number of carbonyl (C=O) groups is 2. The fourth-order valence-corrected chi connectivity index (χ4v) is 4.35. The molecule has 1 N–H and O–H groups in total. The van der Waals surface area contributed by atoms with Crippen LogP contribution in [0.5, 0.6) is 0 Å². The first-order valence-corrected chi connectivity index (χ1v) is 11.7. The molecule has 4 rings (SSSR count). The summed E-state index contributed by atoms with van der Waals surface area (Å²) in [7, 11) is 3.00. The van der Waals surface area contributed by atoms with Gasteiger partial charge in [-0.05, 0) is 43.5 Å². The van der Waals surface area contributed by atoms with E-state index in [0.717, 1.165) is 30.5 Å². The van der Waals surface area contributed by atoms with Crippen LogP contribution >= 0.6 is 0 Å². The van der Waals surface area contributed by atoms with Gasteiger partial charge in [-0.3, -0.25) is 23.5 Å². The molecule has 1 fully saturated rings. The van der Waals surface area contributed by atoms with Crippen LogP contribution in [0.2, 0.25) is 0 Å². The Morgan fingerprint density at radius 2 is 1.65 bits per heavy atom. The van der Waals surface area contributed by atoms with Gasteiger partial charge in [-0.2, -0.15) is 0 Å². The number of nitrogens with one attached hydrogen (secondary N) is 1. The number of fused-ring (bicyclic) bond motifs is 1. The lowest BCUT2D eigenvalue weighted by atomic mass is 10.1. The predicted octanol–water partition coefficient (Wildman–Crippen LogP) is 1.87. The summed E-state index contributed by atoms with van der Waals surface area (Å²) in [5.74, 6) is -0.118. The van der Waals surface area contributed by atoms with Crippen LogP contribution in [0.15, 0.2) is 40.2 Å². The SMILES string of the molecule is Cn1c(=O)c2c(ncn2CCCC(=O)Nc2ccc(C(=O)N3CCCCCC3)cc2)n(C)c1=O. The van der Waals surface area contributed by atoms with Crippen molar-refractivity contribution in [2.75, 3.05) is 18.4 Å². The van der Waals surface area contributed by atoms with Crippen LogP contribution in [0.1, 0.15) is 48.9 Å². The molecule has 0 aliphatic carbocycles. The van der Waals surface area contributed by atoms with Crippen molar-refractivity contribution in [2.24, 2.45) is 14.1 Å². The Labute approximate surface area is 196 Å². The van der Waals surface area contributed by atoms with E-state index < -0.39 is 11.2 Å². The molecule has 180 valence electrons. The monoisotopic (exact) mass is 466 g/mol. The van der Waals surface area contributed by atoms with Gasteiger partial charge >= 0.3 is 5.69 Å². The molecule has 1 aliphatic heterocycles. The Morgan fingerprint density at radius 3 is 2.32 bits per heavy atom. The average Bonchev–Trinajstić information content (AvgIpc) is 3.07. The van der Waals surface area contributed by atoms with E-state index in [4.69, 9.17) is 0 Å². The Kier molecular flexibility index (Phi) is 6.95. The minimum atomic E-state index is -0.429. The van der Waals surface area contributed by atoms with Gasteiger partial charge in [0.2, 0.25) is 5.91 Å². The van der Waals surface area contributed by atoms with Crippen molar-refractivity contribution >= 4 is 28.7 Å². The van der Waals surface area contributed by atoms with E-state index in [1.807, 2.05) is 4.90 Å². The number of amides is 2. The minimum Gasteiger partial charge on any atom is -0.339 e. The number of carbonyl (C=O) groups excluding carboxylic acids is 2. The summed E-state index contributed by atoms with van der Waals surface area (Å²) in [6.07, 6.45) is 6.69. The Balaban J connectivity index is 1.33. The molecule has 2 aromatic heterocycles. The van der Waals surface area contributed by atoms with E-state index >= 15 is 0 Å². The highest BCUT2D eigenvalue weighted by atomic mass is 16.2. The van der Waals surface area contributed by atoms with Crippen LogP contribution in [0, 0.1) is 0 Å². The third-order valence-electron chi connectivity index (χ3n) is 6.33. The lowest BCUT2D eigenvalue weighted by Crippen LogP contribution is -2.37. The van der Waals surface area contributed by atoms with Crippen molar-refractivity contribution < 1.29 is 9.59 Å². The highest BCUT2D eigenvalue weighted by molar-refractivity contribution is 5.95. The third-order valence-corrected chi connectivity index (χ3v) is 6.33. The van der Waals surface area contributed by atoms with Crippen molar-refractivity contribution in [3.8, 4) is 0 Å². The van der Waals surface area contributed by atoms with Crippen molar-refractivity contribution in [1.29, 1.82) is 0 Å². The Hall–Kier alpha value is -3.69. The van der Waals surface area contributed by atoms with Gasteiger partial charge in [-0.25, -0.2) is 9.78 Å². The Morgan fingerprint density at radius 1 is 0.971 bits per heavy atom. The number of anilines is 1. The minimum absolute atomic E-state index is 0.0379. The molecule has 0 spiro atoms. The van der Waals surface area contributed by atoms with Gasteiger partial charge in [0.15, 0.2) is 11.2 Å². The molecule has 0 unspecified atom stereocenters. The van der Waals surface area contributed by atoms with Gasteiger partial charge in [0.25, 0.3) is 11.5 Å². The van der Waals surface area contributed by atoms with E-state index in [-0.39, 0.29) is 18.2 Å². The number of likely N-dealkylation sites (tertiary alicyclic amines) is 1. The summed E-state index contributed by atoms with van der Waals surface area (Å²) in [6.45, 7) is 2.01. The van der Waals surface area contributed by atoms with E-state index in [1.165, 1.54) is 30.8 Å². The summed E-state index contributed by atoms with van der Waals surface area (Å²) in [5, 5.41) is 2.85. The van der Waals surface area contributed by atoms with Crippen LogP contribution < -0.4 is 16.6 Å². The second kappa shape index (κ2) is 10.1. The summed E-state index contributed by atoms with van der Waals surface area (Å²) in [6, 6.07) is 6.99. The molecule has 3 aromatic rings. The maximum absolute atomic E-state index is 12.7. The van der Waals surface area contributed by atoms with Crippen LogP contribution in [-0.4, -0.2) is 48.5 Å². The second-order valence-electron chi connectivity index (χ2n) is 8.75. The smallest absolute Gasteiger partial charge is 0.332 e. The number of hydrogen-bond acceptors (Lipinski definition) is 5. The number of rotatable bonds is 6. The maximum Gasteiger partial charge on any atom is 0.332 e. The quantitative estimate of drug-likeness (QED) is 0.596. The molecule has 1 aromatic carbocycles. The molecule has 0 atom stereocenters.